The highest BCUT2D eigenvalue weighted by Crippen LogP contribution is 2.43. The molecule has 0 bridgehead atoms. The Kier molecular flexibility index (Phi) is 4.20. The molecule has 126 valence electrons. The number of carbonyl (C=O) groups is 1. The van der Waals surface area contributed by atoms with Gasteiger partial charge in [0.25, 0.3) is 0 Å². The summed E-state index contributed by atoms with van der Waals surface area (Å²) in [5.74, 6) is -4.85. The molecular weight excluding hydrogens is 315 g/mol. The Labute approximate surface area is 130 Å². The van der Waals surface area contributed by atoms with Crippen LogP contribution in [0.1, 0.15) is 30.7 Å². The van der Waals surface area contributed by atoms with Gasteiger partial charge in [0.2, 0.25) is 0 Å². The van der Waals surface area contributed by atoms with E-state index < -0.39 is 41.3 Å². The third-order valence-electron chi connectivity index (χ3n) is 4.41. The lowest BCUT2D eigenvalue weighted by Crippen LogP contribution is -2.49. The summed E-state index contributed by atoms with van der Waals surface area (Å²) in [6, 6.07) is 0.550. The SMILES string of the molecule is O=C(O)N[C@H]1CC2(CC[C@@H]1c1cc(F)c(F)cc1F)OCCO2. The van der Waals surface area contributed by atoms with Crippen molar-refractivity contribution in [1.29, 1.82) is 0 Å². The lowest BCUT2D eigenvalue weighted by Gasteiger charge is -2.41. The number of nitrogens with one attached hydrogen (secondary N) is 1. The van der Waals surface area contributed by atoms with Crippen LogP contribution >= 0.6 is 0 Å². The Bertz CT molecular complexity index is 619. The molecule has 2 aliphatic rings. The number of rotatable bonds is 2. The fraction of sp³-hybridized carbons (Fsp3) is 0.533. The van der Waals surface area contributed by atoms with E-state index in [-0.39, 0.29) is 12.0 Å². The van der Waals surface area contributed by atoms with E-state index in [0.717, 1.165) is 6.07 Å². The van der Waals surface area contributed by atoms with E-state index in [1.54, 1.807) is 0 Å². The third-order valence-corrected chi connectivity index (χ3v) is 4.41. The van der Waals surface area contributed by atoms with Gasteiger partial charge in [-0.1, -0.05) is 0 Å². The van der Waals surface area contributed by atoms with Crippen molar-refractivity contribution in [3.63, 3.8) is 0 Å². The molecule has 0 unspecified atom stereocenters. The first-order valence-corrected chi connectivity index (χ1v) is 7.32. The van der Waals surface area contributed by atoms with E-state index in [0.29, 0.717) is 32.1 Å². The Balaban J connectivity index is 1.90. The summed E-state index contributed by atoms with van der Waals surface area (Å²) in [6.45, 7) is 0.813. The van der Waals surface area contributed by atoms with Gasteiger partial charge in [-0.2, -0.15) is 0 Å². The summed E-state index contributed by atoms with van der Waals surface area (Å²) in [5.41, 5.74) is -0.0458. The van der Waals surface area contributed by atoms with E-state index >= 15 is 0 Å². The minimum absolute atomic E-state index is 0.0458. The average molecular weight is 331 g/mol. The predicted molar refractivity (Wildman–Crippen MR) is 72.5 cm³/mol. The molecule has 1 aliphatic carbocycles. The first-order valence-electron chi connectivity index (χ1n) is 7.32. The molecule has 3 rings (SSSR count). The first-order chi connectivity index (χ1) is 10.9. The van der Waals surface area contributed by atoms with Crippen molar-refractivity contribution >= 4 is 6.09 Å². The molecule has 23 heavy (non-hydrogen) atoms. The van der Waals surface area contributed by atoms with Gasteiger partial charge in [0.05, 0.1) is 13.2 Å². The van der Waals surface area contributed by atoms with E-state index in [4.69, 9.17) is 14.6 Å². The number of ether oxygens (including phenoxy) is 2. The van der Waals surface area contributed by atoms with Crippen LogP contribution in [-0.4, -0.2) is 36.2 Å². The van der Waals surface area contributed by atoms with Gasteiger partial charge < -0.3 is 19.9 Å². The molecule has 1 saturated carbocycles. The Morgan fingerprint density at radius 1 is 1.17 bits per heavy atom. The number of halogens is 3. The summed E-state index contributed by atoms with van der Waals surface area (Å²) in [4.78, 5) is 11.0. The molecular formula is C15H16F3NO4. The molecule has 1 spiro atoms. The van der Waals surface area contributed by atoms with Gasteiger partial charge in [-0.15, -0.1) is 0 Å². The van der Waals surface area contributed by atoms with Crippen LogP contribution in [0.2, 0.25) is 0 Å². The van der Waals surface area contributed by atoms with Gasteiger partial charge in [-0.3, -0.25) is 0 Å². The highest BCUT2D eigenvalue weighted by atomic mass is 19.2. The number of amides is 1. The van der Waals surface area contributed by atoms with Crippen molar-refractivity contribution in [2.45, 2.75) is 37.0 Å². The highest BCUT2D eigenvalue weighted by molar-refractivity contribution is 5.65. The minimum atomic E-state index is -1.28. The summed E-state index contributed by atoms with van der Waals surface area (Å²) in [6.07, 6.45) is -0.346. The predicted octanol–water partition coefficient (Wildman–Crippen LogP) is 2.75. The van der Waals surface area contributed by atoms with E-state index in [1.807, 2.05) is 0 Å². The molecule has 1 aromatic rings. The van der Waals surface area contributed by atoms with Crippen LogP contribution < -0.4 is 5.32 Å². The standard InChI is InChI=1S/C15H16F3NO4/c16-10-6-12(18)11(17)5-9(10)8-1-2-15(22-3-4-23-15)7-13(8)19-14(20)21/h5-6,8,13,19H,1-4,7H2,(H,20,21)/t8-,13+/m1/s1. The largest absolute Gasteiger partial charge is 0.465 e. The molecule has 2 fully saturated rings. The zero-order valence-electron chi connectivity index (χ0n) is 12.2. The monoisotopic (exact) mass is 331 g/mol. The van der Waals surface area contributed by atoms with Crippen molar-refractivity contribution in [3.8, 4) is 0 Å². The van der Waals surface area contributed by atoms with E-state index in [1.165, 1.54) is 0 Å². The topological polar surface area (TPSA) is 67.8 Å². The van der Waals surface area contributed by atoms with Gasteiger partial charge in [0.15, 0.2) is 17.4 Å². The maximum Gasteiger partial charge on any atom is 0.404 e. The number of benzene rings is 1. The van der Waals surface area contributed by atoms with Gasteiger partial charge in [0, 0.05) is 30.9 Å². The fourth-order valence-electron chi connectivity index (χ4n) is 3.42. The lowest BCUT2D eigenvalue weighted by atomic mass is 9.77. The van der Waals surface area contributed by atoms with Crippen molar-refractivity contribution in [3.05, 3.63) is 35.1 Å². The Hall–Kier alpha value is -1.80. The molecule has 2 atom stereocenters. The average Bonchev–Trinajstić information content (AvgIpc) is 2.91. The van der Waals surface area contributed by atoms with Crippen LogP contribution in [-0.2, 0) is 9.47 Å². The van der Waals surface area contributed by atoms with Gasteiger partial charge in [-0.25, -0.2) is 18.0 Å². The normalized spacial score (nSPS) is 26.4. The molecule has 0 aromatic heterocycles. The van der Waals surface area contributed by atoms with E-state index in [2.05, 4.69) is 5.32 Å². The molecule has 8 heteroatoms. The lowest BCUT2D eigenvalue weighted by molar-refractivity contribution is -0.183. The maximum absolute atomic E-state index is 14.1. The third kappa shape index (κ3) is 3.13. The van der Waals surface area contributed by atoms with E-state index in [9.17, 15) is 18.0 Å². The molecule has 1 saturated heterocycles. The minimum Gasteiger partial charge on any atom is -0.465 e. The molecule has 1 amide bonds. The van der Waals surface area contributed by atoms with Crippen molar-refractivity contribution in [2.24, 2.45) is 0 Å². The maximum atomic E-state index is 14.1. The zero-order chi connectivity index (χ0) is 16.6. The zero-order valence-corrected chi connectivity index (χ0v) is 12.2. The van der Waals surface area contributed by atoms with Gasteiger partial charge in [-0.05, 0) is 18.1 Å². The molecule has 1 aliphatic heterocycles. The number of hydrogen-bond acceptors (Lipinski definition) is 3. The molecule has 5 nitrogen and oxygen atoms in total. The van der Waals surface area contributed by atoms with Crippen LogP contribution in [0.25, 0.3) is 0 Å². The smallest absolute Gasteiger partial charge is 0.404 e. The number of hydrogen-bond donors (Lipinski definition) is 2. The van der Waals surface area contributed by atoms with Gasteiger partial charge >= 0.3 is 6.09 Å². The highest BCUT2D eigenvalue weighted by Gasteiger charge is 2.46. The molecule has 1 heterocycles. The Morgan fingerprint density at radius 2 is 1.83 bits per heavy atom. The second-order valence-electron chi connectivity index (χ2n) is 5.80. The quantitative estimate of drug-likeness (QED) is 0.818. The fourth-order valence-corrected chi connectivity index (χ4v) is 3.42. The van der Waals surface area contributed by atoms with Crippen molar-refractivity contribution < 1.29 is 32.5 Å². The van der Waals surface area contributed by atoms with Crippen LogP contribution in [0.15, 0.2) is 12.1 Å². The summed E-state index contributed by atoms with van der Waals surface area (Å²) in [7, 11) is 0. The molecule has 1 aromatic carbocycles. The van der Waals surface area contributed by atoms with Crippen LogP contribution in [0.5, 0.6) is 0 Å². The summed E-state index contributed by atoms with van der Waals surface area (Å²) >= 11 is 0. The second-order valence-corrected chi connectivity index (χ2v) is 5.80. The van der Waals surface area contributed by atoms with Crippen LogP contribution in [0.4, 0.5) is 18.0 Å². The van der Waals surface area contributed by atoms with Crippen molar-refractivity contribution in [2.75, 3.05) is 13.2 Å². The van der Waals surface area contributed by atoms with Crippen molar-refractivity contribution in [1.82, 2.24) is 5.32 Å². The molecule has 2 N–H and O–H groups in total. The van der Waals surface area contributed by atoms with Crippen LogP contribution in [0, 0.1) is 17.5 Å². The number of carboxylic acid groups (broad SMARTS) is 1. The molecule has 0 radical (unpaired) electrons. The Morgan fingerprint density at radius 3 is 2.48 bits per heavy atom. The first kappa shape index (κ1) is 16.1. The summed E-state index contributed by atoms with van der Waals surface area (Å²) in [5, 5.41) is 11.3. The summed E-state index contributed by atoms with van der Waals surface area (Å²) < 4.78 is 51.8. The van der Waals surface area contributed by atoms with Gasteiger partial charge in [0.1, 0.15) is 5.82 Å². The second kappa shape index (κ2) is 6.01. The van der Waals surface area contributed by atoms with Crippen LogP contribution in [0.3, 0.4) is 0 Å².